The van der Waals surface area contributed by atoms with E-state index in [1.54, 1.807) is 0 Å². The molecule has 0 aliphatic rings. The number of nitrogens with zero attached hydrogens (tertiary/aromatic N) is 2. The molecule has 0 atom stereocenters. The number of Topliss-reactive ketones (excluding diaryl/α,β-unsaturated/α-hetero) is 1. The molecule has 3 rings (SSSR count). The molecule has 0 bridgehead atoms. The maximum Gasteiger partial charge on any atom is 0.164 e. The van der Waals surface area contributed by atoms with Crippen LogP contribution in [0.1, 0.15) is 16.8 Å². The molecule has 0 amide bonds. The van der Waals surface area contributed by atoms with Gasteiger partial charge in [-0.3, -0.25) is 9.48 Å². The van der Waals surface area contributed by atoms with Crippen molar-refractivity contribution in [1.82, 2.24) is 9.78 Å². The molecule has 1 heterocycles. The van der Waals surface area contributed by atoms with Gasteiger partial charge in [0.25, 0.3) is 0 Å². The van der Waals surface area contributed by atoms with Crippen LogP contribution in [-0.4, -0.2) is 15.6 Å². The lowest BCUT2D eigenvalue weighted by Crippen LogP contribution is -2.06. The molecular weight excluding hydrogens is 260 g/mol. The second kappa shape index (κ2) is 6.18. The summed E-state index contributed by atoms with van der Waals surface area (Å²) < 4.78 is 1.82. The van der Waals surface area contributed by atoms with Crippen molar-refractivity contribution in [3.05, 3.63) is 78.6 Å². The second-order valence-electron chi connectivity index (χ2n) is 4.90. The summed E-state index contributed by atoms with van der Waals surface area (Å²) in [5, 5.41) is 4.32. The van der Waals surface area contributed by atoms with Crippen LogP contribution >= 0.6 is 0 Å². The van der Waals surface area contributed by atoms with Crippen molar-refractivity contribution >= 4 is 5.78 Å². The van der Waals surface area contributed by atoms with E-state index < -0.39 is 0 Å². The van der Waals surface area contributed by atoms with Crippen LogP contribution < -0.4 is 0 Å². The standard InChI is InChI=1S/C18H16N2O/c21-18(16-9-5-2-6-10-16)11-12-20-14-17(13-19-20)15-7-3-1-4-8-15/h1-10,13-14H,11-12H2. The largest absolute Gasteiger partial charge is 0.294 e. The number of carbonyl (C=O) groups excluding carboxylic acids is 1. The van der Waals surface area contributed by atoms with Crippen LogP contribution in [-0.2, 0) is 6.54 Å². The van der Waals surface area contributed by atoms with E-state index in [1.807, 2.05) is 65.6 Å². The molecular formula is C18H16N2O. The molecule has 0 radical (unpaired) electrons. The van der Waals surface area contributed by atoms with Gasteiger partial charge in [-0.1, -0.05) is 60.7 Å². The molecule has 0 saturated carbocycles. The number of hydrogen-bond donors (Lipinski definition) is 0. The summed E-state index contributed by atoms with van der Waals surface area (Å²) >= 11 is 0. The third kappa shape index (κ3) is 3.26. The number of rotatable bonds is 5. The molecule has 3 heteroatoms. The van der Waals surface area contributed by atoms with Gasteiger partial charge >= 0.3 is 0 Å². The Kier molecular flexibility index (Phi) is 3.92. The van der Waals surface area contributed by atoms with Crippen molar-refractivity contribution in [2.24, 2.45) is 0 Å². The van der Waals surface area contributed by atoms with Crippen molar-refractivity contribution < 1.29 is 4.79 Å². The fourth-order valence-corrected chi connectivity index (χ4v) is 2.25. The number of aromatic nitrogens is 2. The zero-order chi connectivity index (χ0) is 14.5. The Balaban J connectivity index is 1.64. The Bertz CT molecular complexity index is 717. The summed E-state index contributed by atoms with van der Waals surface area (Å²) in [4.78, 5) is 12.1. The van der Waals surface area contributed by atoms with Crippen LogP contribution in [0.15, 0.2) is 73.1 Å². The van der Waals surface area contributed by atoms with E-state index in [9.17, 15) is 4.79 Å². The first-order valence-electron chi connectivity index (χ1n) is 6.99. The number of hydrogen-bond acceptors (Lipinski definition) is 2. The molecule has 0 aliphatic heterocycles. The van der Waals surface area contributed by atoms with Gasteiger partial charge in [0.2, 0.25) is 0 Å². The first-order chi connectivity index (χ1) is 10.3. The molecule has 0 saturated heterocycles. The van der Waals surface area contributed by atoms with E-state index in [1.165, 1.54) is 0 Å². The fourth-order valence-electron chi connectivity index (χ4n) is 2.25. The summed E-state index contributed by atoms with van der Waals surface area (Å²) in [6, 6.07) is 19.5. The quantitative estimate of drug-likeness (QED) is 0.664. The Morgan fingerprint density at radius 3 is 2.29 bits per heavy atom. The first kappa shape index (κ1) is 13.3. The lowest BCUT2D eigenvalue weighted by molar-refractivity contribution is 0.0975. The van der Waals surface area contributed by atoms with Crippen LogP contribution in [0.4, 0.5) is 0 Å². The molecule has 0 unspecified atom stereocenters. The van der Waals surface area contributed by atoms with Crippen LogP contribution in [0.3, 0.4) is 0 Å². The maximum atomic E-state index is 12.1. The van der Waals surface area contributed by atoms with Gasteiger partial charge in [-0.05, 0) is 5.56 Å². The third-order valence-electron chi connectivity index (χ3n) is 3.40. The Hall–Kier alpha value is -2.68. The minimum Gasteiger partial charge on any atom is -0.294 e. The molecule has 0 aliphatic carbocycles. The van der Waals surface area contributed by atoms with E-state index in [4.69, 9.17) is 0 Å². The predicted molar refractivity (Wildman–Crippen MR) is 83.1 cm³/mol. The fraction of sp³-hybridized carbons (Fsp3) is 0.111. The highest BCUT2D eigenvalue weighted by Crippen LogP contribution is 2.17. The van der Waals surface area contributed by atoms with E-state index in [0.717, 1.165) is 16.7 Å². The lowest BCUT2D eigenvalue weighted by atomic mass is 10.1. The van der Waals surface area contributed by atoms with Crippen molar-refractivity contribution in [2.75, 3.05) is 0 Å². The molecule has 21 heavy (non-hydrogen) atoms. The summed E-state index contributed by atoms with van der Waals surface area (Å²) in [6.45, 7) is 0.598. The summed E-state index contributed by atoms with van der Waals surface area (Å²) in [6.07, 6.45) is 4.27. The van der Waals surface area contributed by atoms with Gasteiger partial charge in [-0.25, -0.2) is 0 Å². The van der Waals surface area contributed by atoms with Gasteiger partial charge in [-0.2, -0.15) is 5.10 Å². The Morgan fingerprint density at radius 1 is 0.905 bits per heavy atom. The second-order valence-corrected chi connectivity index (χ2v) is 4.90. The van der Waals surface area contributed by atoms with Crippen molar-refractivity contribution in [1.29, 1.82) is 0 Å². The van der Waals surface area contributed by atoms with Crippen molar-refractivity contribution in [2.45, 2.75) is 13.0 Å². The minimum atomic E-state index is 0.146. The molecule has 104 valence electrons. The molecule has 0 N–H and O–H groups in total. The molecule has 1 aromatic heterocycles. The normalized spacial score (nSPS) is 10.5. The van der Waals surface area contributed by atoms with E-state index in [0.29, 0.717) is 13.0 Å². The van der Waals surface area contributed by atoms with Gasteiger partial charge in [0.1, 0.15) is 0 Å². The average Bonchev–Trinajstić information content (AvgIpc) is 3.03. The summed E-state index contributed by atoms with van der Waals surface area (Å²) in [7, 11) is 0. The van der Waals surface area contributed by atoms with Crippen LogP contribution in [0.2, 0.25) is 0 Å². The Morgan fingerprint density at radius 2 is 1.57 bits per heavy atom. The van der Waals surface area contributed by atoms with Gasteiger partial charge < -0.3 is 0 Å². The van der Waals surface area contributed by atoms with Gasteiger partial charge in [-0.15, -0.1) is 0 Å². The van der Waals surface area contributed by atoms with Crippen molar-refractivity contribution in [3.8, 4) is 11.1 Å². The molecule has 3 nitrogen and oxygen atoms in total. The summed E-state index contributed by atoms with van der Waals surface area (Å²) in [5.41, 5.74) is 2.97. The van der Waals surface area contributed by atoms with Crippen LogP contribution in [0.25, 0.3) is 11.1 Å². The highest BCUT2D eigenvalue weighted by molar-refractivity contribution is 5.95. The van der Waals surface area contributed by atoms with Crippen LogP contribution in [0, 0.1) is 0 Å². The average molecular weight is 276 g/mol. The zero-order valence-corrected chi connectivity index (χ0v) is 11.6. The van der Waals surface area contributed by atoms with E-state index in [2.05, 4.69) is 17.2 Å². The van der Waals surface area contributed by atoms with Gasteiger partial charge in [0.15, 0.2) is 5.78 Å². The Labute approximate surface area is 123 Å². The maximum absolute atomic E-state index is 12.1. The SMILES string of the molecule is O=C(CCn1cc(-c2ccccc2)cn1)c1ccccc1. The molecule has 2 aromatic carbocycles. The van der Waals surface area contributed by atoms with Crippen molar-refractivity contribution in [3.63, 3.8) is 0 Å². The minimum absolute atomic E-state index is 0.146. The highest BCUT2D eigenvalue weighted by Gasteiger charge is 2.06. The highest BCUT2D eigenvalue weighted by atomic mass is 16.1. The third-order valence-corrected chi connectivity index (χ3v) is 3.40. The molecule has 0 spiro atoms. The molecule has 0 fully saturated rings. The molecule has 3 aromatic rings. The van der Waals surface area contributed by atoms with E-state index >= 15 is 0 Å². The number of ketones is 1. The van der Waals surface area contributed by atoms with Crippen LogP contribution in [0.5, 0.6) is 0 Å². The summed E-state index contributed by atoms with van der Waals surface area (Å²) in [5.74, 6) is 0.146. The number of aryl methyl sites for hydroxylation is 1. The number of benzene rings is 2. The first-order valence-corrected chi connectivity index (χ1v) is 6.99. The lowest BCUT2D eigenvalue weighted by Gasteiger charge is -2.01. The topological polar surface area (TPSA) is 34.9 Å². The monoisotopic (exact) mass is 276 g/mol. The van der Waals surface area contributed by atoms with Gasteiger partial charge in [0.05, 0.1) is 6.20 Å². The number of carbonyl (C=O) groups is 1. The van der Waals surface area contributed by atoms with E-state index in [-0.39, 0.29) is 5.78 Å². The predicted octanol–water partition coefficient (Wildman–Crippen LogP) is 3.82. The van der Waals surface area contributed by atoms with Gasteiger partial charge in [0, 0.05) is 30.3 Å². The zero-order valence-electron chi connectivity index (χ0n) is 11.6. The smallest absolute Gasteiger partial charge is 0.164 e.